The number of likely N-dealkylation sites (tertiary alicyclic amines) is 2. The van der Waals surface area contributed by atoms with Crippen molar-refractivity contribution in [2.24, 2.45) is 17.8 Å². The minimum Gasteiger partial charge on any atom is -0.507 e. The second-order valence-corrected chi connectivity index (χ2v) is 19.9. The van der Waals surface area contributed by atoms with Gasteiger partial charge in [-0.2, -0.15) is 0 Å². The number of carbonyl (C=O) groups excluding carboxylic acids is 1. The third-order valence-electron chi connectivity index (χ3n) is 13.3. The lowest BCUT2D eigenvalue weighted by atomic mass is 9.53. The van der Waals surface area contributed by atoms with E-state index >= 15 is 0 Å². The molecule has 280 valence electrons. The summed E-state index contributed by atoms with van der Waals surface area (Å²) in [4.78, 5) is 32.5. The summed E-state index contributed by atoms with van der Waals surface area (Å²) in [5.74, 6) is -3.15. The van der Waals surface area contributed by atoms with Crippen molar-refractivity contribution < 1.29 is 24.5 Å². The van der Waals surface area contributed by atoms with E-state index in [0.29, 0.717) is 6.42 Å². The highest BCUT2D eigenvalue weighted by molar-refractivity contribution is 5.94. The van der Waals surface area contributed by atoms with Crippen LogP contribution in [0.1, 0.15) is 165 Å². The number of aromatic hydroxyl groups is 1. The average molecular weight is 685 g/mol. The van der Waals surface area contributed by atoms with E-state index in [-0.39, 0.29) is 35.1 Å². The summed E-state index contributed by atoms with van der Waals surface area (Å²) in [6.07, 6.45) is 5.01. The molecule has 3 unspecified atom stereocenters. The zero-order valence-electron chi connectivity index (χ0n) is 34.4. The van der Waals surface area contributed by atoms with Crippen molar-refractivity contribution in [1.29, 1.82) is 0 Å². The molecule has 0 aliphatic carbocycles. The van der Waals surface area contributed by atoms with Crippen LogP contribution in [-0.4, -0.2) is 68.2 Å². The fraction of sp³-hybridized carbons (Fsp3) is 0.810. The number of carboxylic acid groups (broad SMARTS) is 1. The maximum absolute atomic E-state index is 14.8. The molecule has 2 saturated heterocycles. The van der Waals surface area contributed by atoms with Crippen molar-refractivity contribution in [2.45, 2.75) is 187 Å². The summed E-state index contributed by atoms with van der Waals surface area (Å²) in [6.45, 7) is 32.9. The molecule has 0 saturated carbocycles. The van der Waals surface area contributed by atoms with Gasteiger partial charge in [0.05, 0.1) is 0 Å². The molecule has 2 heterocycles. The number of aliphatic carboxylic acids is 1. The number of hydrogen-bond acceptors (Lipinski definition) is 6. The molecule has 1 aromatic rings. The molecular weight excluding hydrogens is 612 g/mol. The molecule has 3 atom stereocenters. The topological polar surface area (TPSA) is 90.3 Å². The first kappa shape index (κ1) is 41.3. The second kappa shape index (κ2) is 13.5. The smallest absolute Gasteiger partial charge is 0.321 e. The Kier molecular flexibility index (Phi) is 11.3. The van der Waals surface area contributed by atoms with Crippen molar-refractivity contribution in [3.05, 3.63) is 28.8 Å². The van der Waals surface area contributed by atoms with Crippen LogP contribution in [0.2, 0.25) is 0 Å². The quantitative estimate of drug-likeness (QED) is 0.198. The maximum Gasteiger partial charge on any atom is 0.321 e. The minimum atomic E-state index is -1.26. The molecule has 2 aliphatic heterocycles. The Labute approximate surface area is 299 Å². The first-order valence-corrected chi connectivity index (χ1v) is 18.8. The molecule has 2 fully saturated rings. The third kappa shape index (κ3) is 7.45. The highest BCUT2D eigenvalue weighted by Gasteiger charge is 2.65. The number of unbranched alkanes of at least 4 members (excludes halogenated alkanes) is 1. The Balaban J connectivity index is 2.63. The molecule has 0 bridgehead atoms. The lowest BCUT2D eigenvalue weighted by molar-refractivity contribution is -0.231. The number of carbonyl (C=O) groups is 2. The Bertz CT molecular complexity index is 1300. The SMILES string of the molecule is CCCCC(C(=O)O)C(=O)OC(c1cc(C(C)(C)C)c(O)c(C(C)(C)C)c1)(C1CCC(C)(C)N(C)C1(C)C)C1CCC(C)(C)N(C)C1(C)C. The van der Waals surface area contributed by atoms with E-state index in [4.69, 9.17) is 4.74 Å². The number of carboxylic acids is 1. The summed E-state index contributed by atoms with van der Waals surface area (Å²) in [5.41, 5.74) is -0.655. The number of piperidine rings is 2. The van der Waals surface area contributed by atoms with Crippen LogP contribution >= 0.6 is 0 Å². The van der Waals surface area contributed by atoms with E-state index in [9.17, 15) is 19.8 Å². The lowest BCUT2D eigenvalue weighted by Gasteiger charge is -2.65. The Hall–Kier alpha value is -2.12. The number of benzene rings is 1. The third-order valence-corrected chi connectivity index (χ3v) is 13.3. The van der Waals surface area contributed by atoms with E-state index in [1.807, 2.05) is 6.92 Å². The first-order chi connectivity index (χ1) is 22.0. The Morgan fingerprint density at radius 2 is 1.20 bits per heavy atom. The highest BCUT2D eigenvalue weighted by Crippen LogP contribution is 2.60. The molecule has 7 heteroatoms. The molecule has 0 aromatic heterocycles. The van der Waals surface area contributed by atoms with Crippen LogP contribution in [0.4, 0.5) is 0 Å². The second-order valence-electron chi connectivity index (χ2n) is 19.9. The van der Waals surface area contributed by atoms with Crippen LogP contribution in [0.3, 0.4) is 0 Å². The van der Waals surface area contributed by atoms with Gasteiger partial charge in [-0.1, -0.05) is 61.3 Å². The normalized spacial score (nSPS) is 26.1. The fourth-order valence-electron chi connectivity index (χ4n) is 9.38. The number of nitrogens with zero attached hydrogens (tertiary/aromatic N) is 2. The van der Waals surface area contributed by atoms with Gasteiger partial charge in [0.15, 0.2) is 5.92 Å². The molecule has 0 spiro atoms. The van der Waals surface area contributed by atoms with Gasteiger partial charge >= 0.3 is 11.9 Å². The van der Waals surface area contributed by atoms with Gasteiger partial charge in [-0.3, -0.25) is 19.4 Å². The van der Waals surface area contributed by atoms with E-state index < -0.39 is 45.4 Å². The van der Waals surface area contributed by atoms with E-state index in [0.717, 1.165) is 48.8 Å². The van der Waals surface area contributed by atoms with E-state index in [2.05, 4.69) is 133 Å². The standard InChI is InChI=1S/C42H72N2O5/c1-18-19-20-28(34(46)47)35(48)49-42(31-21-23-38(8,9)43(16)40(31,12)13,32-22-24-39(10,11)44(17)41(32,14)15)27-25-29(36(2,3)4)33(45)30(26-27)37(5,6)7/h25-26,28,31-32,45H,18-24H2,1-17H3,(H,46,47). The summed E-state index contributed by atoms with van der Waals surface area (Å²) in [5, 5.41) is 22.4. The molecule has 0 amide bonds. The summed E-state index contributed by atoms with van der Waals surface area (Å²) in [7, 11) is 4.36. The lowest BCUT2D eigenvalue weighted by Crippen LogP contribution is -2.71. The zero-order chi connectivity index (χ0) is 37.9. The van der Waals surface area contributed by atoms with E-state index in [1.165, 1.54) is 0 Å². The molecule has 1 aromatic carbocycles. The molecule has 7 nitrogen and oxygen atoms in total. The molecule has 3 rings (SSSR count). The van der Waals surface area contributed by atoms with Gasteiger partial charge < -0.3 is 14.9 Å². The van der Waals surface area contributed by atoms with Gasteiger partial charge in [0.2, 0.25) is 0 Å². The van der Waals surface area contributed by atoms with Crippen molar-refractivity contribution in [2.75, 3.05) is 14.1 Å². The fourth-order valence-corrected chi connectivity index (χ4v) is 9.38. The van der Waals surface area contributed by atoms with E-state index in [1.54, 1.807) is 0 Å². The number of phenols is 1. The maximum atomic E-state index is 14.8. The van der Waals surface area contributed by atoms with Crippen LogP contribution < -0.4 is 0 Å². The van der Waals surface area contributed by atoms with Gasteiger partial charge in [-0.25, -0.2) is 0 Å². The van der Waals surface area contributed by atoms with Crippen LogP contribution in [0.25, 0.3) is 0 Å². The summed E-state index contributed by atoms with van der Waals surface area (Å²) in [6, 6.07) is 4.21. The number of ether oxygens (including phenoxy) is 1. The van der Waals surface area contributed by atoms with Crippen molar-refractivity contribution in [3.63, 3.8) is 0 Å². The molecule has 49 heavy (non-hydrogen) atoms. The first-order valence-electron chi connectivity index (χ1n) is 18.8. The van der Waals surface area contributed by atoms with Crippen molar-refractivity contribution in [3.8, 4) is 5.75 Å². The van der Waals surface area contributed by atoms with Gasteiger partial charge in [0.25, 0.3) is 0 Å². The number of rotatable bonds is 9. The predicted octanol–water partition coefficient (Wildman–Crippen LogP) is 9.41. The van der Waals surface area contributed by atoms with Gasteiger partial charge in [-0.15, -0.1) is 0 Å². The van der Waals surface area contributed by atoms with Crippen LogP contribution in [0.15, 0.2) is 12.1 Å². The molecular formula is C42H72N2O5. The summed E-state index contributed by atoms with van der Waals surface area (Å²) >= 11 is 0. The van der Waals surface area contributed by atoms with Crippen molar-refractivity contribution in [1.82, 2.24) is 9.80 Å². The molecule has 2 N–H and O–H groups in total. The highest BCUT2D eigenvalue weighted by atomic mass is 16.6. The van der Waals surface area contributed by atoms with Crippen LogP contribution in [-0.2, 0) is 30.8 Å². The van der Waals surface area contributed by atoms with Gasteiger partial charge in [-0.05, 0) is 141 Å². The Morgan fingerprint density at radius 3 is 1.53 bits per heavy atom. The molecule has 2 aliphatic rings. The van der Waals surface area contributed by atoms with Crippen LogP contribution in [0, 0.1) is 17.8 Å². The number of esters is 1. The number of phenolic OH excluding ortho intramolecular Hbond substituents is 1. The average Bonchev–Trinajstić information content (AvgIpc) is 2.93. The monoisotopic (exact) mass is 685 g/mol. The number of hydrogen-bond donors (Lipinski definition) is 2. The van der Waals surface area contributed by atoms with Gasteiger partial charge in [0, 0.05) is 34.0 Å². The minimum absolute atomic E-state index is 0.0938. The molecule has 0 radical (unpaired) electrons. The largest absolute Gasteiger partial charge is 0.507 e. The Morgan fingerprint density at radius 1 is 0.816 bits per heavy atom. The predicted molar refractivity (Wildman–Crippen MR) is 201 cm³/mol. The summed E-state index contributed by atoms with van der Waals surface area (Å²) < 4.78 is 7.25. The van der Waals surface area contributed by atoms with Gasteiger partial charge in [0.1, 0.15) is 11.4 Å². The van der Waals surface area contributed by atoms with Crippen molar-refractivity contribution >= 4 is 11.9 Å². The zero-order valence-corrected chi connectivity index (χ0v) is 34.4. The van der Waals surface area contributed by atoms with Crippen LogP contribution in [0.5, 0.6) is 5.75 Å².